The van der Waals surface area contributed by atoms with E-state index in [0.29, 0.717) is 0 Å². The summed E-state index contributed by atoms with van der Waals surface area (Å²) >= 11 is 0. The molecule has 18 heavy (non-hydrogen) atoms. The first kappa shape index (κ1) is 12.8. The SMILES string of the molecule is N[C@H](CNCc1ccccc1)Cc1ccccc1. The van der Waals surface area contributed by atoms with Crippen molar-refractivity contribution in [3.05, 3.63) is 71.8 Å². The molecular weight excluding hydrogens is 220 g/mol. The van der Waals surface area contributed by atoms with Crippen LogP contribution in [0.3, 0.4) is 0 Å². The van der Waals surface area contributed by atoms with Crippen LogP contribution in [0.15, 0.2) is 60.7 Å². The second-order valence-corrected chi connectivity index (χ2v) is 4.57. The second-order valence-electron chi connectivity index (χ2n) is 4.57. The lowest BCUT2D eigenvalue weighted by atomic mass is 10.1. The maximum Gasteiger partial charge on any atom is 0.0206 e. The third-order valence-electron chi connectivity index (χ3n) is 2.92. The minimum Gasteiger partial charge on any atom is -0.326 e. The molecule has 0 unspecified atom stereocenters. The highest BCUT2D eigenvalue weighted by Crippen LogP contribution is 2.02. The van der Waals surface area contributed by atoms with E-state index in [1.807, 2.05) is 12.1 Å². The van der Waals surface area contributed by atoms with Crippen LogP contribution in [0.2, 0.25) is 0 Å². The Labute approximate surface area is 109 Å². The van der Waals surface area contributed by atoms with Crippen molar-refractivity contribution in [3.63, 3.8) is 0 Å². The summed E-state index contributed by atoms with van der Waals surface area (Å²) in [5.41, 5.74) is 8.70. The summed E-state index contributed by atoms with van der Waals surface area (Å²) in [6, 6.07) is 20.9. The zero-order valence-corrected chi connectivity index (χ0v) is 10.5. The van der Waals surface area contributed by atoms with Gasteiger partial charge in [0.05, 0.1) is 0 Å². The van der Waals surface area contributed by atoms with Crippen LogP contribution in [0.1, 0.15) is 11.1 Å². The molecule has 94 valence electrons. The molecular formula is C16H20N2. The van der Waals surface area contributed by atoms with Gasteiger partial charge in [0.25, 0.3) is 0 Å². The van der Waals surface area contributed by atoms with Crippen molar-refractivity contribution in [2.75, 3.05) is 6.54 Å². The predicted octanol–water partition coefficient (Wildman–Crippen LogP) is 2.35. The first-order valence-corrected chi connectivity index (χ1v) is 6.39. The van der Waals surface area contributed by atoms with Crippen molar-refractivity contribution in [1.82, 2.24) is 5.32 Å². The van der Waals surface area contributed by atoms with E-state index in [2.05, 4.69) is 53.8 Å². The third kappa shape index (κ3) is 4.32. The van der Waals surface area contributed by atoms with Crippen LogP contribution in [-0.2, 0) is 13.0 Å². The normalized spacial score (nSPS) is 12.3. The number of hydrogen-bond acceptors (Lipinski definition) is 2. The molecule has 0 bridgehead atoms. The van der Waals surface area contributed by atoms with Crippen molar-refractivity contribution >= 4 is 0 Å². The van der Waals surface area contributed by atoms with Crippen molar-refractivity contribution in [2.24, 2.45) is 5.73 Å². The molecule has 2 nitrogen and oxygen atoms in total. The predicted molar refractivity (Wildman–Crippen MR) is 76.3 cm³/mol. The highest BCUT2D eigenvalue weighted by molar-refractivity contribution is 5.16. The van der Waals surface area contributed by atoms with Gasteiger partial charge < -0.3 is 11.1 Å². The van der Waals surface area contributed by atoms with Gasteiger partial charge in [0.1, 0.15) is 0 Å². The number of nitrogens with one attached hydrogen (secondary N) is 1. The fourth-order valence-electron chi connectivity index (χ4n) is 1.99. The minimum absolute atomic E-state index is 0.163. The molecule has 0 aliphatic heterocycles. The Morgan fingerprint density at radius 2 is 1.39 bits per heavy atom. The lowest BCUT2D eigenvalue weighted by Crippen LogP contribution is -2.35. The summed E-state index contributed by atoms with van der Waals surface area (Å²) < 4.78 is 0. The van der Waals surface area contributed by atoms with Gasteiger partial charge in [-0.05, 0) is 17.5 Å². The molecule has 0 amide bonds. The Kier molecular flexibility index (Phi) is 4.94. The number of hydrogen-bond donors (Lipinski definition) is 2. The number of rotatable bonds is 6. The summed E-state index contributed by atoms with van der Waals surface area (Å²) in [5.74, 6) is 0. The van der Waals surface area contributed by atoms with E-state index in [9.17, 15) is 0 Å². The van der Waals surface area contributed by atoms with Gasteiger partial charge in [0, 0.05) is 19.1 Å². The third-order valence-corrected chi connectivity index (χ3v) is 2.92. The van der Waals surface area contributed by atoms with Gasteiger partial charge in [0.2, 0.25) is 0 Å². The van der Waals surface area contributed by atoms with Gasteiger partial charge in [-0.1, -0.05) is 60.7 Å². The second kappa shape index (κ2) is 6.94. The number of benzene rings is 2. The molecule has 0 heterocycles. The quantitative estimate of drug-likeness (QED) is 0.813. The molecule has 0 saturated heterocycles. The van der Waals surface area contributed by atoms with E-state index < -0.39 is 0 Å². The van der Waals surface area contributed by atoms with Gasteiger partial charge in [-0.2, -0.15) is 0 Å². The monoisotopic (exact) mass is 240 g/mol. The van der Waals surface area contributed by atoms with Crippen molar-refractivity contribution in [2.45, 2.75) is 19.0 Å². The topological polar surface area (TPSA) is 38.0 Å². The molecule has 0 spiro atoms. The zero-order valence-electron chi connectivity index (χ0n) is 10.5. The van der Waals surface area contributed by atoms with Crippen LogP contribution in [0.25, 0.3) is 0 Å². The van der Waals surface area contributed by atoms with Crippen molar-refractivity contribution in [3.8, 4) is 0 Å². The maximum absolute atomic E-state index is 6.11. The average Bonchev–Trinajstić information content (AvgIpc) is 2.41. The van der Waals surface area contributed by atoms with Crippen LogP contribution in [0, 0.1) is 0 Å². The van der Waals surface area contributed by atoms with Gasteiger partial charge >= 0.3 is 0 Å². The Morgan fingerprint density at radius 3 is 2.00 bits per heavy atom. The standard InChI is InChI=1S/C16H20N2/c17-16(11-14-7-3-1-4-8-14)13-18-12-15-9-5-2-6-10-15/h1-10,16,18H,11-13,17H2/t16-/m0/s1. The van der Waals surface area contributed by atoms with E-state index in [4.69, 9.17) is 5.73 Å². The van der Waals surface area contributed by atoms with Gasteiger partial charge in [-0.3, -0.25) is 0 Å². The summed E-state index contributed by atoms with van der Waals surface area (Å²) in [5, 5.41) is 3.40. The van der Waals surface area contributed by atoms with E-state index in [1.165, 1.54) is 11.1 Å². The molecule has 2 aromatic rings. The summed E-state index contributed by atoms with van der Waals surface area (Å²) in [6.07, 6.45) is 0.919. The molecule has 2 heteroatoms. The minimum atomic E-state index is 0.163. The van der Waals surface area contributed by atoms with E-state index in [-0.39, 0.29) is 6.04 Å². The largest absolute Gasteiger partial charge is 0.326 e. The van der Waals surface area contributed by atoms with Crippen molar-refractivity contribution in [1.29, 1.82) is 0 Å². The molecule has 1 atom stereocenters. The van der Waals surface area contributed by atoms with Crippen LogP contribution in [-0.4, -0.2) is 12.6 Å². The molecule has 2 aromatic carbocycles. The molecule has 0 aromatic heterocycles. The van der Waals surface area contributed by atoms with Gasteiger partial charge in [-0.15, -0.1) is 0 Å². The molecule has 0 aliphatic carbocycles. The molecule has 0 saturated carbocycles. The summed E-state index contributed by atoms with van der Waals surface area (Å²) in [4.78, 5) is 0. The molecule has 2 rings (SSSR count). The first-order chi connectivity index (χ1) is 8.84. The fraction of sp³-hybridized carbons (Fsp3) is 0.250. The molecule has 0 fully saturated rings. The van der Waals surface area contributed by atoms with Crippen LogP contribution < -0.4 is 11.1 Å². The Balaban J connectivity index is 1.71. The lowest BCUT2D eigenvalue weighted by Gasteiger charge is -2.12. The highest BCUT2D eigenvalue weighted by atomic mass is 14.9. The lowest BCUT2D eigenvalue weighted by molar-refractivity contribution is 0.573. The zero-order chi connectivity index (χ0) is 12.6. The average molecular weight is 240 g/mol. The van der Waals surface area contributed by atoms with E-state index in [0.717, 1.165) is 19.5 Å². The van der Waals surface area contributed by atoms with Gasteiger partial charge in [-0.25, -0.2) is 0 Å². The highest BCUT2D eigenvalue weighted by Gasteiger charge is 2.03. The Bertz CT molecular complexity index is 439. The molecule has 3 N–H and O–H groups in total. The van der Waals surface area contributed by atoms with Crippen molar-refractivity contribution < 1.29 is 0 Å². The van der Waals surface area contributed by atoms with Crippen LogP contribution in [0.5, 0.6) is 0 Å². The smallest absolute Gasteiger partial charge is 0.0206 e. The first-order valence-electron chi connectivity index (χ1n) is 6.39. The van der Waals surface area contributed by atoms with Crippen LogP contribution >= 0.6 is 0 Å². The molecule has 0 radical (unpaired) electrons. The Hall–Kier alpha value is -1.64. The van der Waals surface area contributed by atoms with E-state index >= 15 is 0 Å². The van der Waals surface area contributed by atoms with Crippen LogP contribution in [0.4, 0.5) is 0 Å². The van der Waals surface area contributed by atoms with Gasteiger partial charge in [0.15, 0.2) is 0 Å². The number of nitrogens with two attached hydrogens (primary N) is 1. The fourth-order valence-corrected chi connectivity index (χ4v) is 1.99. The molecule has 0 aliphatic rings. The maximum atomic E-state index is 6.11. The summed E-state index contributed by atoms with van der Waals surface area (Å²) in [6.45, 7) is 1.72. The van der Waals surface area contributed by atoms with E-state index in [1.54, 1.807) is 0 Å². The summed E-state index contributed by atoms with van der Waals surface area (Å²) in [7, 11) is 0. The Morgan fingerprint density at radius 1 is 0.833 bits per heavy atom.